The van der Waals surface area contributed by atoms with E-state index in [4.69, 9.17) is 81.0 Å². The Morgan fingerprint density at radius 1 is 0.368 bits per heavy atom. The highest BCUT2D eigenvalue weighted by molar-refractivity contribution is 5.87. The zero-order valence-corrected chi connectivity index (χ0v) is 61.0. The maximum absolute atomic E-state index is 10.8. The van der Waals surface area contributed by atoms with E-state index in [1.165, 1.54) is 19.9 Å². The van der Waals surface area contributed by atoms with Gasteiger partial charge in [-0.3, -0.25) is 0 Å². The van der Waals surface area contributed by atoms with Crippen LogP contribution in [0.2, 0.25) is 0 Å². The molecule has 1 fully saturated rings. The number of hydrogen-bond acceptors (Lipinski definition) is 36. The summed E-state index contributed by atoms with van der Waals surface area (Å²) in [5.74, 6) is -4.18. The number of hydrogen-bond donors (Lipinski definition) is 15. The van der Waals surface area contributed by atoms with Crippen LogP contribution >= 0.6 is 0 Å². The predicted molar refractivity (Wildman–Crippen MR) is 381 cm³/mol. The van der Waals surface area contributed by atoms with Crippen molar-refractivity contribution in [1.82, 2.24) is 0 Å². The van der Waals surface area contributed by atoms with Crippen molar-refractivity contribution in [3.05, 3.63) is 126 Å². The second-order valence-corrected chi connectivity index (χ2v) is 20.2. The van der Waals surface area contributed by atoms with E-state index in [2.05, 4.69) is 108 Å². The molecule has 1 aliphatic rings. The summed E-state index contributed by atoms with van der Waals surface area (Å²) in [5.41, 5.74) is 0.273. The first-order valence-electron chi connectivity index (χ1n) is 32.3. The molecule has 0 bridgehead atoms. The van der Waals surface area contributed by atoms with E-state index in [1.807, 2.05) is 6.92 Å². The molecule has 1 rings (SSSR count). The molecular formula is C70H118O36. The molecule has 0 radical (unpaired) electrons. The fraction of sp³-hybridized carbons (Fsp3) is 0.571. The van der Waals surface area contributed by atoms with Gasteiger partial charge < -0.3 is 129 Å². The van der Waals surface area contributed by atoms with Crippen LogP contribution in [0, 0.1) is 11.8 Å². The SMILES string of the molecule is C=C(C)C(=O)OCC(O)CO.C=CC(=O)OC(CO)CO.C=CC(=O)OCC(C)O.C=CC(=O)OCC(O)CC.C=CC(=O)OCC(O)CO.C=CC(=O)OCC(O)COCC(O)CO.C=CC(=O)OCC1CCC(CO)CC1.C=CC(=O)OCCCCO.C=CC(=O)OCCCO.C=CC(=O)OCCO. The fourth-order valence-electron chi connectivity index (χ4n) is 5.06. The minimum absolute atomic E-state index is 0.0326. The van der Waals surface area contributed by atoms with Crippen LogP contribution in [0.5, 0.6) is 0 Å². The summed E-state index contributed by atoms with van der Waals surface area (Å²) in [5, 5.41) is 128. The van der Waals surface area contributed by atoms with E-state index < -0.39 is 116 Å². The highest BCUT2D eigenvalue weighted by atomic mass is 16.6. The van der Waals surface area contributed by atoms with Crippen molar-refractivity contribution in [3.63, 3.8) is 0 Å². The molecule has 0 aromatic heterocycles. The lowest BCUT2D eigenvalue weighted by Gasteiger charge is -2.26. The van der Waals surface area contributed by atoms with E-state index in [9.17, 15) is 53.1 Å². The van der Waals surface area contributed by atoms with Crippen LogP contribution < -0.4 is 0 Å². The zero-order valence-electron chi connectivity index (χ0n) is 61.0. The molecule has 0 aliphatic heterocycles. The summed E-state index contributed by atoms with van der Waals surface area (Å²) >= 11 is 0. The molecule has 614 valence electrons. The van der Waals surface area contributed by atoms with E-state index in [0.717, 1.165) is 74.3 Å². The number of unbranched alkanes of at least 4 members (excludes halogenated alkanes) is 1. The van der Waals surface area contributed by atoms with Gasteiger partial charge in [0, 0.05) is 86.5 Å². The van der Waals surface area contributed by atoms with Gasteiger partial charge in [-0.1, -0.05) is 72.7 Å². The summed E-state index contributed by atoms with van der Waals surface area (Å²) in [4.78, 5) is 104. The Labute approximate surface area is 619 Å². The van der Waals surface area contributed by atoms with E-state index in [1.54, 1.807) is 0 Å². The Morgan fingerprint density at radius 3 is 1.03 bits per heavy atom. The van der Waals surface area contributed by atoms with Gasteiger partial charge in [0.05, 0.1) is 84.9 Å². The molecule has 6 atom stereocenters. The molecule has 6 unspecified atom stereocenters. The van der Waals surface area contributed by atoms with Crippen LogP contribution in [-0.4, -0.2) is 311 Å². The van der Waals surface area contributed by atoms with Crippen LogP contribution in [0.25, 0.3) is 0 Å². The van der Waals surface area contributed by atoms with Crippen molar-refractivity contribution in [2.75, 3.05) is 132 Å². The number of aliphatic hydroxyl groups is 15. The number of esters is 10. The van der Waals surface area contributed by atoms with Gasteiger partial charge in [0.2, 0.25) is 0 Å². The Morgan fingerprint density at radius 2 is 0.689 bits per heavy atom. The normalized spacial score (nSPS) is 13.3. The largest absolute Gasteiger partial charge is 0.463 e. The summed E-state index contributed by atoms with van der Waals surface area (Å²) in [6.45, 7) is 35.9. The molecule has 1 saturated carbocycles. The number of carbonyl (C=O) groups excluding carboxylic acids is 10. The van der Waals surface area contributed by atoms with Gasteiger partial charge in [-0.2, -0.15) is 0 Å². The van der Waals surface area contributed by atoms with Crippen LogP contribution in [0.3, 0.4) is 0 Å². The molecule has 15 N–H and O–H groups in total. The fourth-order valence-corrected chi connectivity index (χ4v) is 5.06. The lowest BCUT2D eigenvalue weighted by atomic mass is 9.83. The second-order valence-electron chi connectivity index (χ2n) is 20.2. The van der Waals surface area contributed by atoms with Crippen LogP contribution in [-0.2, 0) is 100 Å². The summed E-state index contributed by atoms with van der Waals surface area (Å²) < 4.78 is 50.1. The van der Waals surface area contributed by atoms with Gasteiger partial charge >= 0.3 is 59.7 Å². The maximum atomic E-state index is 10.8. The van der Waals surface area contributed by atoms with E-state index in [-0.39, 0.29) is 104 Å². The van der Waals surface area contributed by atoms with Crippen molar-refractivity contribution in [3.8, 4) is 0 Å². The third-order valence-electron chi connectivity index (χ3n) is 10.8. The highest BCUT2D eigenvalue weighted by Crippen LogP contribution is 2.28. The van der Waals surface area contributed by atoms with Crippen molar-refractivity contribution in [1.29, 1.82) is 0 Å². The molecule has 36 nitrogen and oxygen atoms in total. The van der Waals surface area contributed by atoms with Crippen molar-refractivity contribution < 1.29 is 177 Å². The molecule has 106 heavy (non-hydrogen) atoms. The van der Waals surface area contributed by atoms with Crippen molar-refractivity contribution >= 4 is 59.7 Å². The highest BCUT2D eigenvalue weighted by Gasteiger charge is 2.21. The average molecular weight is 1540 g/mol. The molecular weight excluding hydrogens is 1420 g/mol. The third kappa shape index (κ3) is 99.6. The Hall–Kier alpha value is -8.54. The van der Waals surface area contributed by atoms with E-state index >= 15 is 0 Å². The van der Waals surface area contributed by atoms with Gasteiger partial charge in [0.1, 0.15) is 70.2 Å². The van der Waals surface area contributed by atoms with Gasteiger partial charge in [0.25, 0.3) is 0 Å². The van der Waals surface area contributed by atoms with Crippen LogP contribution in [0.4, 0.5) is 0 Å². The van der Waals surface area contributed by atoms with Gasteiger partial charge in [-0.15, -0.1) is 0 Å². The first kappa shape index (κ1) is 116. The number of carbonyl (C=O) groups is 10. The summed E-state index contributed by atoms with van der Waals surface area (Å²) in [6.07, 6.45) is 10.3. The molecule has 0 heterocycles. The molecule has 0 aromatic carbocycles. The topological polar surface area (TPSA) is 576 Å². The quantitative estimate of drug-likeness (QED) is 0.0142. The number of ether oxygens (including phenoxy) is 11. The monoisotopic (exact) mass is 1530 g/mol. The molecule has 1 aliphatic carbocycles. The Kier molecular flexibility index (Phi) is 97.1. The standard InChI is InChI=1S/C11H18O3.C9H16O6.C7H12O4.2C7H12O3.2C6H10O4.2C6H10O3.C5H8O3/c1-2-11(13)14-8-10-5-3-9(7-12)4-6-10;1-2-9(13)15-6-8(12)5-14-4-7(11)3-10;1-5(2)7(10)11-4-6(9)3-8;1-3-6(8)5-10-7(9)4-2;1-2-7(9)10-6-4-3-5-8;1-2-6(9)10-4-5(8)3-7;1-2-6(9)10-5(3-7)4-8;1-3-6(8)9-4-5(2)7;1-2-6(8)9-5-3-4-7;1-2-5(7)8-4-3-6/h2,9-10,12H,1,3-8H2;2,7-8,10-12H,1,3-6H2;6,8-9H,1,3-4H2,2H3;4,6,8H,2-3,5H2,1H3;2,8H,1,3-6H2;2*2,5,7-8H,1,3-4H2;3,5,7H,1,4H2,2H3;2,7H,1,3-5H2;2,6H,1,3-4H2. The lowest BCUT2D eigenvalue weighted by molar-refractivity contribution is -0.147. The van der Waals surface area contributed by atoms with Crippen LogP contribution in [0.15, 0.2) is 126 Å². The Balaban J connectivity index is -0.000000142. The van der Waals surface area contributed by atoms with Gasteiger partial charge in [0.15, 0.2) is 0 Å². The smallest absolute Gasteiger partial charge is 0.333 e. The predicted octanol–water partition coefficient (Wildman–Crippen LogP) is -1.57. The zero-order chi connectivity index (χ0) is 83.5. The first-order valence-corrected chi connectivity index (χ1v) is 32.3. The van der Waals surface area contributed by atoms with Crippen LogP contribution in [0.1, 0.15) is 72.1 Å². The minimum atomic E-state index is -1.00. The molecule has 0 aromatic rings. The van der Waals surface area contributed by atoms with Crippen molar-refractivity contribution in [2.24, 2.45) is 11.8 Å². The molecule has 0 saturated heterocycles. The number of aliphatic hydroxyl groups excluding tert-OH is 15. The maximum Gasteiger partial charge on any atom is 0.333 e. The molecule has 36 heteroatoms. The molecule has 0 spiro atoms. The molecule has 0 amide bonds. The third-order valence-corrected chi connectivity index (χ3v) is 10.8. The summed E-state index contributed by atoms with van der Waals surface area (Å²) in [6, 6.07) is 0. The van der Waals surface area contributed by atoms with Gasteiger partial charge in [-0.05, 0) is 70.6 Å². The summed E-state index contributed by atoms with van der Waals surface area (Å²) in [7, 11) is 0. The lowest BCUT2D eigenvalue weighted by Crippen LogP contribution is -2.27. The van der Waals surface area contributed by atoms with Crippen molar-refractivity contribution in [2.45, 2.75) is 115 Å². The number of rotatable bonds is 43. The van der Waals surface area contributed by atoms with E-state index in [0.29, 0.717) is 57.3 Å². The Bertz CT molecular complexity index is 2320. The van der Waals surface area contributed by atoms with Gasteiger partial charge in [-0.25, -0.2) is 47.9 Å². The first-order chi connectivity index (χ1) is 50.2. The average Bonchev–Trinajstić information content (AvgIpc) is 0.917. The second kappa shape index (κ2) is 88.9. The minimum Gasteiger partial charge on any atom is -0.463 e.